The molecule has 1 atom stereocenters. The first-order valence-corrected chi connectivity index (χ1v) is 4.55. The minimum absolute atomic E-state index is 0.197. The minimum Gasteiger partial charge on any atom is -0.478 e. The molecular formula is C9H12N2O3. The molecule has 2 rings (SSSR count). The molecule has 5 nitrogen and oxygen atoms in total. The summed E-state index contributed by atoms with van der Waals surface area (Å²) in [6.45, 7) is 3.13. The third kappa shape index (κ3) is 1.39. The lowest BCUT2D eigenvalue weighted by atomic mass is 10.2. The number of ether oxygens (including phenoxy) is 1. The highest BCUT2D eigenvalue weighted by atomic mass is 16.5. The van der Waals surface area contributed by atoms with E-state index >= 15 is 0 Å². The van der Waals surface area contributed by atoms with E-state index in [2.05, 4.69) is 5.10 Å². The van der Waals surface area contributed by atoms with Crippen molar-refractivity contribution in [3.63, 3.8) is 0 Å². The van der Waals surface area contributed by atoms with Crippen molar-refractivity contribution in [2.45, 2.75) is 19.4 Å². The lowest BCUT2D eigenvalue weighted by Gasteiger charge is -2.10. The zero-order valence-electron chi connectivity index (χ0n) is 7.93. The summed E-state index contributed by atoms with van der Waals surface area (Å²) in [6, 6.07) is 0.197. The molecule has 0 radical (unpaired) electrons. The van der Waals surface area contributed by atoms with Crippen LogP contribution < -0.4 is 0 Å². The summed E-state index contributed by atoms with van der Waals surface area (Å²) in [4.78, 5) is 10.8. The number of hydrogen-bond acceptors (Lipinski definition) is 3. The largest absolute Gasteiger partial charge is 0.478 e. The zero-order chi connectivity index (χ0) is 10.1. The molecule has 0 unspecified atom stereocenters. The molecule has 0 spiro atoms. The molecule has 76 valence electrons. The Labute approximate surface area is 81.3 Å². The van der Waals surface area contributed by atoms with Crippen molar-refractivity contribution < 1.29 is 14.6 Å². The van der Waals surface area contributed by atoms with Gasteiger partial charge in [0.1, 0.15) is 5.56 Å². The number of carbonyl (C=O) groups is 1. The fourth-order valence-electron chi connectivity index (χ4n) is 1.72. The Balaban J connectivity index is 2.30. The molecule has 0 aromatic carbocycles. The van der Waals surface area contributed by atoms with E-state index in [1.807, 2.05) is 0 Å². The van der Waals surface area contributed by atoms with Crippen molar-refractivity contribution >= 4 is 5.97 Å². The fourth-order valence-corrected chi connectivity index (χ4v) is 1.72. The molecule has 0 saturated carbocycles. The van der Waals surface area contributed by atoms with Gasteiger partial charge in [-0.15, -0.1) is 0 Å². The highest BCUT2D eigenvalue weighted by Gasteiger charge is 2.22. The number of aromatic carboxylic acids is 1. The highest BCUT2D eigenvalue weighted by molar-refractivity contribution is 5.88. The van der Waals surface area contributed by atoms with Crippen LogP contribution in [0.15, 0.2) is 6.20 Å². The van der Waals surface area contributed by atoms with Gasteiger partial charge in [-0.2, -0.15) is 5.10 Å². The fraction of sp³-hybridized carbons (Fsp3) is 0.556. The topological polar surface area (TPSA) is 64.3 Å². The second-order valence-corrected chi connectivity index (χ2v) is 3.41. The number of hydrogen-bond donors (Lipinski definition) is 1. The number of nitrogens with zero attached hydrogens (tertiary/aromatic N) is 2. The van der Waals surface area contributed by atoms with Gasteiger partial charge in [-0.3, -0.25) is 4.68 Å². The lowest BCUT2D eigenvalue weighted by molar-refractivity contribution is 0.0696. The average molecular weight is 196 g/mol. The van der Waals surface area contributed by atoms with Crippen molar-refractivity contribution in [2.24, 2.45) is 0 Å². The van der Waals surface area contributed by atoms with Crippen LogP contribution in [0.25, 0.3) is 0 Å². The van der Waals surface area contributed by atoms with Gasteiger partial charge in [0.2, 0.25) is 0 Å². The van der Waals surface area contributed by atoms with Crippen molar-refractivity contribution in [3.05, 3.63) is 17.5 Å². The van der Waals surface area contributed by atoms with Gasteiger partial charge in [0, 0.05) is 6.61 Å². The van der Waals surface area contributed by atoms with Crippen LogP contribution in [0.5, 0.6) is 0 Å². The maximum Gasteiger partial charge on any atom is 0.339 e. The molecule has 0 aliphatic carbocycles. The molecule has 1 aliphatic rings. The summed E-state index contributed by atoms with van der Waals surface area (Å²) in [6.07, 6.45) is 2.30. The highest BCUT2D eigenvalue weighted by Crippen LogP contribution is 2.21. The van der Waals surface area contributed by atoms with Crippen LogP contribution >= 0.6 is 0 Å². The second kappa shape index (κ2) is 3.42. The normalized spacial score (nSPS) is 21.4. The Hall–Kier alpha value is -1.36. The monoisotopic (exact) mass is 196 g/mol. The molecule has 1 fully saturated rings. The van der Waals surface area contributed by atoms with Gasteiger partial charge in [0.25, 0.3) is 0 Å². The smallest absolute Gasteiger partial charge is 0.339 e. The molecule has 1 aromatic rings. The second-order valence-electron chi connectivity index (χ2n) is 3.41. The van der Waals surface area contributed by atoms with Crippen LogP contribution in [0.3, 0.4) is 0 Å². The number of aromatic nitrogens is 2. The van der Waals surface area contributed by atoms with Crippen LogP contribution in [0, 0.1) is 6.92 Å². The summed E-state index contributed by atoms with van der Waals surface area (Å²) in [7, 11) is 0. The third-order valence-corrected chi connectivity index (χ3v) is 2.53. The molecule has 1 aliphatic heterocycles. The van der Waals surface area contributed by atoms with E-state index in [1.54, 1.807) is 11.6 Å². The summed E-state index contributed by atoms with van der Waals surface area (Å²) in [5.74, 6) is -0.923. The molecule has 1 N–H and O–H groups in total. The van der Waals surface area contributed by atoms with E-state index in [4.69, 9.17) is 9.84 Å². The van der Waals surface area contributed by atoms with Crippen LogP contribution in [0.1, 0.15) is 28.5 Å². The molecule has 0 bridgehead atoms. The van der Waals surface area contributed by atoms with Crippen LogP contribution in [-0.2, 0) is 4.74 Å². The minimum atomic E-state index is -0.923. The molecule has 5 heteroatoms. The zero-order valence-corrected chi connectivity index (χ0v) is 7.93. The molecule has 1 saturated heterocycles. The van der Waals surface area contributed by atoms with Gasteiger partial charge in [0.05, 0.1) is 24.5 Å². The van der Waals surface area contributed by atoms with Crippen LogP contribution in [0.2, 0.25) is 0 Å². The van der Waals surface area contributed by atoms with Crippen LogP contribution in [-0.4, -0.2) is 34.1 Å². The molecule has 0 amide bonds. The summed E-state index contributed by atoms with van der Waals surface area (Å²) < 4.78 is 6.97. The maximum absolute atomic E-state index is 10.8. The summed E-state index contributed by atoms with van der Waals surface area (Å²) in [5.41, 5.74) is 0.977. The average Bonchev–Trinajstić information content (AvgIpc) is 2.71. The molecule has 1 aromatic heterocycles. The molecular weight excluding hydrogens is 184 g/mol. The Bertz CT molecular complexity index is 353. The standard InChI is InChI=1S/C9H12N2O3/c1-6-8(9(12)13)4-10-11(6)7-2-3-14-5-7/h4,7H,2-3,5H2,1H3,(H,12,13)/t7-/m1/s1. The maximum atomic E-state index is 10.8. The van der Waals surface area contributed by atoms with Gasteiger partial charge in [-0.25, -0.2) is 4.79 Å². The van der Waals surface area contributed by atoms with Crippen molar-refractivity contribution in [1.82, 2.24) is 9.78 Å². The van der Waals surface area contributed by atoms with Gasteiger partial charge in [-0.05, 0) is 13.3 Å². The third-order valence-electron chi connectivity index (χ3n) is 2.53. The van der Waals surface area contributed by atoms with Gasteiger partial charge < -0.3 is 9.84 Å². The molecule has 14 heavy (non-hydrogen) atoms. The van der Waals surface area contributed by atoms with E-state index < -0.39 is 5.97 Å². The van der Waals surface area contributed by atoms with Crippen molar-refractivity contribution in [3.8, 4) is 0 Å². The Morgan fingerprint density at radius 1 is 1.79 bits per heavy atom. The number of carboxylic acid groups (broad SMARTS) is 1. The Kier molecular flexibility index (Phi) is 2.25. The van der Waals surface area contributed by atoms with Gasteiger partial charge >= 0.3 is 5.97 Å². The first-order valence-electron chi connectivity index (χ1n) is 4.55. The van der Waals surface area contributed by atoms with E-state index in [0.717, 1.165) is 13.0 Å². The van der Waals surface area contributed by atoms with E-state index in [0.29, 0.717) is 12.3 Å². The van der Waals surface area contributed by atoms with Crippen LogP contribution in [0.4, 0.5) is 0 Å². The van der Waals surface area contributed by atoms with Gasteiger partial charge in [0.15, 0.2) is 0 Å². The predicted octanol–water partition coefficient (Wildman–Crippen LogP) is 0.851. The quantitative estimate of drug-likeness (QED) is 0.761. The number of rotatable bonds is 2. The van der Waals surface area contributed by atoms with Gasteiger partial charge in [-0.1, -0.05) is 0 Å². The first-order chi connectivity index (χ1) is 6.70. The Morgan fingerprint density at radius 2 is 2.57 bits per heavy atom. The lowest BCUT2D eigenvalue weighted by Crippen LogP contribution is -2.12. The van der Waals surface area contributed by atoms with E-state index in [9.17, 15) is 4.79 Å². The van der Waals surface area contributed by atoms with E-state index in [-0.39, 0.29) is 11.6 Å². The first kappa shape index (κ1) is 9.21. The summed E-state index contributed by atoms with van der Waals surface area (Å²) >= 11 is 0. The number of carboxylic acids is 1. The molecule has 2 heterocycles. The van der Waals surface area contributed by atoms with E-state index in [1.165, 1.54) is 6.20 Å². The SMILES string of the molecule is Cc1c(C(=O)O)cnn1[C@@H]1CCOC1. The predicted molar refractivity (Wildman–Crippen MR) is 48.4 cm³/mol. The summed E-state index contributed by atoms with van der Waals surface area (Å²) in [5, 5.41) is 12.9. The van der Waals surface area contributed by atoms with Crippen molar-refractivity contribution in [2.75, 3.05) is 13.2 Å². The van der Waals surface area contributed by atoms with Crippen molar-refractivity contribution in [1.29, 1.82) is 0 Å². The Morgan fingerprint density at radius 3 is 3.07 bits per heavy atom.